The number of carbonyl (C=O) groups is 1. The molecule has 3 aliphatic carbocycles. The number of benzene rings is 1. The van der Waals surface area contributed by atoms with Crippen molar-refractivity contribution in [1.29, 1.82) is 0 Å². The molecule has 4 saturated heterocycles. The zero-order valence-electron chi connectivity index (χ0n) is 27.2. The first-order chi connectivity index (χ1) is 21.6. The fourth-order valence-corrected chi connectivity index (χ4v) is 11.6. The van der Waals surface area contributed by atoms with Gasteiger partial charge in [0.1, 0.15) is 29.5 Å². The SMILES string of the molecule is C=C(C)C12CC(C)C34OC5(CCCCCCCC(C)C6C(C)C(OC(=O)c7ccccc7)C(C(O)C7(CO)OC7C3C1O5)C64)O2. The van der Waals surface area contributed by atoms with E-state index in [0.717, 1.165) is 44.1 Å². The molecule has 246 valence electrons. The van der Waals surface area contributed by atoms with E-state index in [1.807, 2.05) is 25.1 Å². The van der Waals surface area contributed by atoms with Crippen molar-refractivity contribution in [2.75, 3.05) is 6.61 Å². The van der Waals surface area contributed by atoms with Crippen LogP contribution in [0.1, 0.15) is 89.4 Å². The molecule has 0 amide bonds. The molecule has 45 heavy (non-hydrogen) atoms. The van der Waals surface area contributed by atoms with Crippen molar-refractivity contribution in [3.8, 4) is 0 Å². The lowest BCUT2D eigenvalue weighted by atomic mass is 9.52. The number of hydrogen-bond donors (Lipinski definition) is 2. The summed E-state index contributed by atoms with van der Waals surface area (Å²) in [6.45, 7) is 12.9. The highest BCUT2D eigenvalue weighted by atomic mass is 16.9. The fourth-order valence-electron chi connectivity index (χ4n) is 11.6. The maximum atomic E-state index is 13.7. The third kappa shape index (κ3) is 3.96. The molecule has 3 saturated carbocycles. The Morgan fingerprint density at radius 1 is 0.978 bits per heavy atom. The third-order valence-corrected chi connectivity index (χ3v) is 13.5. The van der Waals surface area contributed by atoms with Gasteiger partial charge >= 0.3 is 5.97 Å². The summed E-state index contributed by atoms with van der Waals surface area (Å²) in [6.07, 6.45) is 5.34. The van der Waals surface area contributed by atoms with Crippen LogP contribution in [0.4, 0.5) is 0 Å². The van der Waals surface area contributed by atoms with Crippen LogP contribution in [0.25, 0.3) is 0 Å². The average Bonchev–Trinajstić information content (AvgIpc) is 3.64. The van der Waals surface area contributed by atoms with Crippen LogP contribution in [-0.4, -0.2) is 70.0 Å². The number of esters is 1. The van der Waals surface area contributed by atoms with Gasteiger partial charge in [0.2, 0.25) is 0 Å². The highest BCUT2D eigenvalue weighted by molar-refractivity contribution is 5.89. The van der Waals surface area contributed by atoms with E-state index in [2.05, 4.69) is 27.4 Å². The van der Waals surface area contributed by atoms with Crippen LogP contribution in [0.5, 0.6) is 0 Å². The number of fused-ring (bicyclic) bond motifs is 1. The lowest BCUT2D eigenvalue weighted by molar-refractivity contribution is -0.433. The van der Waals surface area contributed by atoms with Crippen molar-refractivity contribution >= 4 is 5.97 Å². The van der Waals surface area contributed by atoms with Crippen LogP contribution >= 0.6 is 0 Å². The Morgan fingerprint density at radius 3 is 2.44 bits per heavy atom. The molecule has 8 nitrogen and oxygen atoms in total. The summed E-state index contributed by atoms with van der Waals surface area (Å²) in [5, 5.41) is 23.5. The summed E-state index contributed by atoms with van der Waals surface area (Å²) in [6, 6.07) is 9.09. The second-order valence-corrected chi connectivity index (χ2v) is 15.7. The van der Waals surface area contributed by atoms with E-state index in [1.54, 1.807) is 12.1 Å². The monoisotopic (exact) mass is 622 g/mol. The van der Waals surface area contributed by atoms with Crippen LogP contribution < -0.4 is 0 Å². The number of aliphatic hydroxyl groups is 2. The Labute approximate surface area is 266 Å². The number of ether oxygens (including phenoxy) is 5. The fraction of sp³-hybridized carbons (Fsp3) is 0.757. The summed E-state index contributed by atoms with van der Waals surface area (Å²) in [5.41, 5.74) is -1.32. The van der Waals surface area contributed by atoms with Crippen molar-refractivity contribution in [2.45, 2.75) is 126 Å². The molecule has 8 rings (SSSR count). The minimum absolute atomic E-state index is 0.00946. The molecule has 15 atom stereocenters. The van der Waals surface area contributed by atoms with Crippen molar-refractivity contribution in [1.82, 2.24) is 0 Å². The topological polar surface area (TPSA) is 107 Å². The second kappa shape index (κ2) is 10.3. The molecule has 7 fully saturated rings. The van der Waals surface area contributed by atoms with Gasteiger partial charge in [-0.3, -0.25) is 0 Å². The normalized spacial score (nSPS) is 52.9. The number of hydrogen-bond acceptors (Lipinski definition) is 8. The zero-order valence-corrected chi connectivity index (χ0v) is 27.2. The van der Waals surface area contributed by atoms with E-state index in [-0.39, 0.29) is 42.3 Å². The van der Waals surface area contributed by atoms with Gasteiger partial charge in [0.25, 0.3) is 5.97 Å². The van der Waals surface area contributed by atoms with Crippen LogP contribution in [0, 0.1) is 41.4 Å². The number of rotatable bonds is 4. The van der Waals surface area contributed by atoms with Gasteiger partial charge in [-0.1, -0.05) is 77.7 Å². The molecule has 1 aromatic rings. The molecular formula is C37H50O8. The Hall–Kier alpha value is -1.81. The summed E-state index contributed by atoms with van der Waals surface area (Å²) >= 11 is 0. The van der Waals surface area contributed by atoms with E-state index < -0.39 is 53.0 Å². The first-order valence-electron chi connectivity index (χ1n) is 17.5. The molecule has 1 aromatic carbocycles. The average molecular weight is 623 g/mol. The van der Waals surface area contributed by atoms with Gasteiger partial charge in [0.05, 0.1) is 23.9 Å². The Bertz CT molecular complexity index is 1350. The van der Waals surface area contributed by atoms with Crippen LogP contribution in [0.3, 0.4) is 0 Å². The van der Waals surface area contributed by atoms with Gasteiger partial charge in [-0.15, -0.1) is 0 Å². The zero-order chi connectivity index (χ0) is 31.5. The smallest absolute Gasteiger partial charge is 0.338 e. The molecule has 2 spiro atoms. The standard InChI is InChI=1S/C37H50O8/c1-20(2)34-18-22(4)37-27-25-21(3)14-10-7-6-8-13-17-36(44-34,45-37)43-31(34)28(37)32-35(19-38,42-32)30(39)26(27)29(23(25)5)41-33(40)24-15-11-9-12-16-24/h9,11-12,15-16,21-23,25-32,38-39H,1,6-8,10,13-14,17-19H2,2-5H3. The molecule has 3 bridgehead atoms. The van der Waals surface area contributed by atoms with Gasteiger partial charge in [0, 0.05) is 24.2 Å². The molecule has 15 unspecified atom stereocenters. The van der Waals surface area contributed by atoms with Crippen molar-refractivity contribution < 1.29 is 38.7 Å². The van der Waals surface area contributed by atoms with Crippen molar-refractivity contribution in [3.05, 3.63) is 48.0 Å². The van der Waals surface area contributed by atoms with Crippen molar-refractivity contribution in [3.63, 3.8) is 0 Å². The minimum Gasteiger partial charge on any atom is -0.458 e. The van der Waals surface area contributed by atoms with Gasteiger partial charge in [-0.05, 0) is 61.1 Å². The summed E-state index contributed by atoms with van der Waals surface area (Å²) < 4.78 is 34.6. The maximum Gasteiger partial charge on any atom is 0.338 e. The van der Waals surface area contributed by atoms with Gasteiger partial charge < -0.3 is 33.9 Å². The highest BCUT2D eigenvalue weighted by Gasteiger charge is 2.87. The van der Waals surface area contributed by atoms with Gasteiger partial charge in [0.15, 0.2) is 0 Å². The Morgan fingerprint density at radius 2 is 1.71 bits per heavy atom. The number of aliphatic hydroxyl groups excluding tert-OH is 2. The van der Waals surface area contributed by atoms with E-state index >= 15 is 0 Å². The van der Waals surface area contributed by atoms with E-state index in [0.29, 0.717) is 24.3 Å². The summed E-state index contributed by atoms with van der Waals surface area (Å²) in [5.74, 6) is -2.20. The minimum atomic E-state index is -1.22. The van der Waals surface area contributed by atoms with Gasteiger partial charge in [-0.25, -0.2) is 4.79 Å². The van der Waals surface area contributed by atoms with Crippen LogP contribution in [0.15, 0.2) is 42.5 Å². The molecule has 0 radical (unpaired) electrons. The predicted molar refractivity (Wildman–Crippen MR) is 165 cm³/mol. The first kappa shape index (κ1) is 30.5. The lowest BCUT2D eigenvalue weighted by Crippen LogP contribution is -2.71. The molecule has 0 aromatic heterocycles. The van der Waals surface area contributed by atoms with E-state index in [4.69, 9.17) is 23.7 Å². The molecule has 7 aliphatic rings. The van der Waals surface area contributed by atoms with E-state index in [1.165, 1.54) is 0 Å². The van der Waals surface area contributed by atoms with Crippen LogP contribution in [0.2, 0.25) is 0 Å². The van der Waals surface area contributed by atoms with Crippen molar-refractivity contribution in [2.24, 2.45) is 41.4 Å². The molecule has 8 heteroatoms. The van der Waals surface area contributed by atoms with Gasteiger partial charge in [-0.2, -0.15) is 0 Å². The maximum absolute atomic E-state index is 13.7. The lowest BCUT2D eigenvalue weighted by Gasteiger charge is -2.60. The number of epoxide rings is 1. The predicted octanol–water partition coefficient (Wildman–Crippen LogP) is 5.40. The molecule has 4 heterocycles. The van der Waals surface area contributed by atoms with Crippen LogP contribution in [-0.2, 0) is 23.7 Å². The number of carbonyl (C=O) groups excluding carboxylic acids is 1. The Balaban J connectivity index is 1.33. The highest BCUT2D eigenvalue weighted by Crippen LogP contribution is 2.75. The van der Waals surface area contributed by atoms with E-state index in [9.17, 15) is 15.0 Å². The summed E-state index contributed by atoms with van der Waals surface area (Å²) in [7, 11) is 0. The molecule has 4 aliphatic heterocycles. The molecular weight excluding hydrogens is 572 g/mol. The largest absolute Gasteiger partial charge is 0.458 e. The summed E-state index contributed by atoms with van der Waals surface area (Å²) in [4.78, 5) is 13.7. The quantitative estimate of drug-likeness (QED) is 0.261. The molecule has 2 N–H and O–H groups in total. The Kier molecular flexibility index (Phi) is 7.01. The second-order valence-electron chi connectivity index (χ2n) is 15.7. The first-order valence-corrected chi connectivity index (χ1v) is 17.5. The third-order valence-electron chi connectivity index (χ3n) is 13.5.